The van der Waals surface area contributed by atoms with E-state index < -0.39 is 6.09 Å². The zero-order valence-electron chi connectivity index (χ0n) is 18.6. The summed E-state index contributed by atoms with van der Waals surface area (Å²) < 4.78 is 17.0. The Morgan fingerprint density at radius 2 is 1.71 bits per heavy atom. The molecule has 1 N–H and O–H groups in total. The minimum absolute atomic E-state index is 0.324. The van der Waals surface area contributed by atoms with Gasteiger partial charge in [0.1, 0.15) is 11.0 Å². The molecule has 172 valence electrons. The van der Waals surface area contributed by atoms with Crippen LogP contribution in [0.5, 0.6) is 0 Å². The third-order valence-electron chi connectivity index (χ3n) is 5.41. The van der Waals surface area contributed by atoms with Crippen molar-refractivity contribution in [2.45, 2.75) is 20.0 Å². The van der Waals surface area contributed by atoms with E-state index in [0.717, 1.165) is 41.2 Å². The Morgan fingerprint density at radius 3 is 2.44 bits per heavy atom. The molecule has 0 saturated carbocycles. The molecule has 3 heterocycles. The van der Waals surface area contributed by atoms with Crippen molar-refractivity contribution in [1.29, 1.82) is 0 Å². The standard InChI is InChI=1S/C25H20N2O4S3/c1-13-22(26-25(29)31-14(2)15-7-5-4-6-8-15)23(34-27-13)20-11-16-9-19-17(10-18(16)32-20)12-21(33-19)24(28)30-3/h4-12,14H,1-3H3,(H,26,29). The number of thiophene rings is 2. The van der Waals surface area contributed by atoms with Crippen molar-refractivity contribution in [3.63, 3.8) is 0 Å². The Morgan fingerprint density at radius 1 is 1.00 bits per heavy atom. The lowest BCUT2D eigenvalue weighted by atomic mass is 10.1. The van der Waals surface area contributed by atoms with E-state index in [1.807, 2.05) is 50.2 Å². The molecule has 1 unspecified atom stereocenters. The molecule has 6 nitrogen and oxygen atoms in total. The first-order valence-corrected chi connectivity index (χ1v) is 12.9. The molecule has 0 aliphatic carbocycles. The van der Waals surface area contributed by atoms with E-state index in [4.69, 9.17) is 9.47 Å². The topological polar surface area (TPSA) is 77.5 Å². The number of fused-ring (bicyclic) bond motifs is 2. The molecule has 5 aromatic rings. The second-order valence-electron chi connectivity index (χ2n) is 7.70. The monoisotopic (exact) mass is 508 g/mol. The summed E-state index contributed by atoms with van der Waals surface area (Å²) in [6.07, 6.45) is -0.887. The molecular weight excluding hydrogens is 488 g/mol. The maximum atomic E-state index is 12.6. The van der Waals surface area contributed by atoms with Gasteiger partial charge in [0.05, 0.1) is 23.4 Å². The van der Waals surface area contributed by atoms with Crippen LogP contribution in [0.15, 0.2) is 54.6 Å². The van der Waals surface area contributed by atoms with Crippen LogP contribution in [0.3, 0.4) is 0 Å². The van der Waals surface area contributed by atoms with E-state index in [9.17, 15) is 9.59 Å². The van der Waals surface area contributed by atoms with Gasteiger partial charge in [-0.05, 0) is 66.0 Å². The van der Waals surface area contributed by atoms with Crippen LogP contribution in [0, 0.1) is 6.92 Å². The zero-order valence-corrected chi connectivity index (χ0v) is 21.0. The van der Waals surface area contributed by atoms with E-state index in [1.54, 1.807) is 11.3 Å². The lowest BCUT2D eigenvalue weighted by Crippen LogP contribution is -2.16. The smallest absolute Gasteiger partial charge is 0.412 e. The molecular formula is C25H20N2O4S3. The minimum Gasteiger partial charge on any atom is -0.465 e. The molecule has 0 bridgehead atoms. The summed E-state index contributed by atoms with van der Waals surface area (Å²) in [6, 6.07) is 17.7. The first kappa shape index (κ1) is 22.5. The number of aromatic nitrogens is 1. The summed E-state index contributed by atoms with van der Waals surface area (Å²) >= 11 is 4.39. The predicted octanol–water partition coefficient (Wildman–Crippen LogP) is 7.64. The lowest BCUT2D eigenvalue weighted by Gasteiger charge is -2.14. The number of ether oxygens (including phenoxy) is 2. The number of carbonyl (C=O) groups excluding carboxylic acids is 2. The largest absolute Gasteiger partial charge is 0.465 e. The highest BCUT2D eigenvalue weighted by atomic mass is 32.1. The highest BCUT2D eigenvalue weighted by Gasteiger charge is 2.20. The number of benzene rings is 2. The fourth-order valence-electron chi connectivity index (χ4n) is 3.65. The van der Waals surface area contributed by atoms with E-state index in [1.165, 1.54) is 30.0 Å². The molecule has 5 rings (SSSR count). The Bertz CT molecular complexity index is 1470. The lowest BCUT2D eigenvalue weighted by molar-refractivity contribution is 0.0606. The summed E-state index contributed by atoms with van der Waals surface area (Å²) in [4.78, 5) is 27.0. The average Bonchev–Trinajstić information content (AvgIpc) is 3.53. The van der Waals surface area contributed by atoms with Crippen molar-refractivity contribution in [3.05, 3.63) is 70.7 Å². The van der Waals surface area contributed by atoms with Gasteiger partial charge in [-0.1, -0.05) is 30.3 Å². The molecule has 0 fully saturated rings. The molecule has 34 heavy (non-hydrogen) atoms. The summed E-state index contributed by atoms with van der Waals surface area (Å²) in [5.74, 6) is -0.324. The Labute approximate surface area is 207 Å². The van der Waals surface area contributed by atoms with Crippen molar-refractivity contribution in [1.82, 2.24) is 4.37 Å². The number of carbonyl (C=O) groups is 2. The van der Waals surface area contributed by atoms with Gasteiger partial charge in [-0.3, -0.25) is 5.32 Å². The molecule has 0 aliphatic rings. The fourth-order valence-corrected chi connectivity index (χ4v) is 6.70. The van der Waals surface area contributed by atoms with Gasteiger partial charge in [-0.25, -0.2) is 9.59 Å². The highest BCUT2D eigenvalue weighted by Crippen LogP contribution is 2.43. The van der Waals surface area contributed by atoms with Gasteiger partial charge in [0.15, 0.2) is 0 Å². The second kappa shape index (κ2) is 9.17. The van der Waals surface area contributed by atoms with Crippen molar-refractivity contribution < 1.29 is 19.1 Å². The molecule has 0 spiro atoms. The number of nitrogens with one attached hydrogen (secondary N) is 1. The third-order valence-corrected chi connectivity index (χ3v) is 8.70. The van der Waals surface area contributed by atoms with Crippen molar-refractivity contribution >= 4 is 72.1 Å². The zero-order chi connectivity index (χ0) is 23.8. The number of rotatable bonds is 5. The van der Waals surface area contributed by atoms with Crippen LogP contribution in [0.25, 0.3) is 29.9 Å². The van der Waals surface area contributed by atoms with Gasteiger partial charge in [0, 0.05) is 14.3 Å². The number of aryl methyl sites for hydroxylation is 1. The van der Waals surface area contributed by atoms with Crippen LogP contribution in [0.4, 0.5) is 10.5 Å². The number of nitrogens with zero attached hydrogens (tertiary/aromatic N) is 1. The molecule has 1 amide bonds. The normalized spacial score (nSPS) is 12.1. The first-order valence-electron chi connectivity index (χ1n) is 10.5. The van der Waals surface area contributed by atoms with Crippen molar-refractivity contribution in [2.75, 3.05) is 12.4 Å². The van der Waals surface area contributed by atoms with Crippen LogP contribution in [0.2, 0.25) is 0 Å². The maximum Gasteiger partial charge on any atom is 0.412 e. The Balaban J connectivity index is 1.41. The van der Waals surface area contributed by atoms with Crippen LogP contribution in [-0.4, -0.2) is 23.5 Å². The summed E-state index contributed by atoms with van der Waals surface area (Å²) in [5.41, 5.74) is 2.33. The number of amides is 1. The quantitative estimate of drug-likeness (QED) is 0.247. The second-order valence-corrected chi connectivity index (χ2v) is 10.6. The Hall–Kier alpha value is -3.27. The molecule has 0 saturated heterocycles. The van der Waals surface area contributed by atoms with Crippen LogP contribution < -0.4 is 5.32 Å². The number of esters is 1. The van der Waals surface area contributed by atoms with Crippen molar-refractivity contribution in [2.24, 2.45) is 0 Å². The molecule has 1 atom stereocenters. The third kappa shape index (κ3) is 4.29. The Kier molecular flexibility index (Phi) is 6.07. The van der Waals surface area contributed by atoms with E-state index in [2.05, 4.69) is 27.9 Å². The van der Waals surface area contributed by atoms with Gasteiger partial charge in [0.25, 0.3) is 0 Å². The molecule has 3 aromatic heterocycles. The SMILES string of the molecule is COC(=O)c1cc2cc3sc(-c4snc(C)c4NC(=O)OC(C)c4ccccc4)cc3cc2s1. The fraction of sp³-hybridized carbons (Fsp3) is 0.160. The average molecular weight is 509 g/mol. The number of hydrogen-bond acceptors (Lipinski definition) is 8. The van der Waals surface area contributed by atoms with E-state index in [-0.39, 0.29) is 12.1 Å². The molecule has 0 radical (unpaired) electrons. The number of anilines is 1. The predicted molar refractivity (Wildman–Crippen MR) is 139 cm³/mol. The van der Waals surface area contributed by atoms with E-state index in [0.29, 0.717) is 10.6 Å². The van der Waals surface area contributed by atoms with E-state index >= 15 is 0 Å². The molecule has 2 aromatic carbocycles. The van der Waals surface area contributed by atoms with Gasteiger partial charge in [-0.2, -0.15) is 4.37 Å². The van der Waals surface area contributed by atoms with Gasteiger partial charge >= 0.3 is 12.1 Å². The van der Waals surface area contributed by atoms with Gasteiger partial charge < -0.3 is 9.47 Å². The molecule has 9 heteroatoms. The first-order chi connectivity index (χ1) is 16.4. The van der Waals surface area contributed by atoms with Gasteiger partial charge in [-0.15, -0.1) is 22.7 Å². The molecule has 0 aliphatic heterocycles. The van der Waals surface area contributed by atoms with Crippen LogP contribution in [0.1, 0.15) is 34.0 Å². The summed E-state index contributed by atoms with van der Waals surface area (Å²) in [7, 11) is 1.39. The van der Waals surface area contributed by atoms with Crippen molar-refractivity contribution in [3.8, 4) is 9.75 Å². The number of hydrogen-bond donors (Lipinski definition) is 1. The minimum atomic E-state index is -0.516. The summed E-state index contributed by atoms with van der Waals surface area (Å²) in [5, 5.41) is 4.98. The highest BCUT2D eigenvalue weighted by molar-refractivity contribution is 7.25. The van der Waals surface area contributed by atoms with Gasteiger partial charge in [0.2, 0.25) is 0 Å². The van der Waals surface area contributed by atoms with Crippen LogP contribution in [-0.2, 0) is 9.47 Å². The summed E-state index contributed by atoms with van der Waals surface area (Å²) in [6.45, 7) is 3.71. The maximum absolute atomic E-state index is 12.6. The number of methoxy groups -OCH3 is 1. The van der Waals surface area contributed by atoms with Crippen LogP contribution >= 0.6 is 34.2 Å².